The van der Waals surface area contributed by atoms with Gasteiger partial charge < -0.3 is 9.67 Å². The Bertz CT molecular complexity index is 931. The van der Waals surface area contributed by atoms with Gasteiger partial charge in [-0.25, -0.2) is 4.98 Å². The molecule has 0 aliphatic rings. The largest absolute Gasteiger partial charge is 0.481 e. The monoisotopic (exact) mass is 339 g/mol. The number of imidazole rings is 1. The number of rotatable bonds is 6. The molecule has 128 valence electrons. The van der Waals surface area contributed by atoms with Crippen LogP contribution >= 0.6 is 0 Å². The van der Waals surface area contributed by atoms with Crippen LogP contribution in [0.4, 0.5) is 5.69 Å². The highest BCUT2D eigenvalue weighted by Crippen LogP contribution is 2.25. The lowest BCUT2D eigenvalue weighted by Crippen LogP contribution is -2.13. The number of aromatic nitrogens is 2. The summed E-state index contributed by atoms with van der Waals surface area (Å²) in [7, 11) is 0. The predicted octanol–water partition coefficient (Wildman–Crippen LogP) is 3.57. The van der Waals surface area contributed by atoms with Crippen molar-refractivity contribution in [2.45, 2.75) is 25.8 Å². The molecule has 7 nitrogen and oxygen atoms in total. The van der Waals surface area contributed by atoms with E-state index in [-0.39, 0.29) is 18.2 Å². The number of nitro benzene ring substituents is 1. The van der Waals surface area contributed by atoms with Crippen LogP contribution in [0, 0.1) is 10.1 Å². The Balaban J connectivity index is 1.99. The zero-order valence-corrected chi connectivity index (χ0v) is 13.6. The van der Waals surface area contributed by atoms with E-state index in [1.807, 2.05) is 35.8 Å². The van der Waals surface area contributed by atoms with Crippen LogP contribution in [0.3, 0.4) is 0 Å². The number of carboxylic acids is 1. The number of carboxylic acid groups (broad SMARTS) is 1. The van der Waals surface area contributed by atoms with Crippen LogP contribution in [-0.2, 0) is 11.2 Å². The molecule has 0 bridgehead atoms. The van der Waals surface area contributed by atoms with Crippen molar-refractivity contribution in [3.63, 3.8) is 0 Å². The van der Waals surface area contributed by atoms with E-state index in [1.54, 1.807) is 12.1 Å². The molecule has 3 aromatic rings. The Morgan fingerprint density at radius 1 is 1.24 bits per heavy atom. The van der Waals surface area contributed by atoms with Gasteiger partial charge >= 0.3 is 5.97 Å². The molecule has 0 amide bonds. The topological polar surface area (TPSA) is 98.3 Å². The normalized spacial score (nSPS) is 12.2. The summed E-state index contributed by atoms with van der Waals surface area (Å²) in [6.07, 6.45) is 0.463. The zero-order valence-electron chi connectivity index (χ0n) is 13.6. The van der Waals surface area contributed by atoms with E-state index in [9.17, 15) is 14.9 Å². The minimum Gasteiger partial charge on any atom is -0.481 e. The first-order valence-corrected chi connectivity index (χ1v) is 7.86. The van der Waals surface area contributed by atoms with Gasteiger partial charge in [0.25, 0.3) is 5.69 Å². The van der Waals surface area contributed by atoms with Crippen LogP contribution in [0.15, 0.2) is 48.5 Å². The summed E-state index contributed by atoms with van der Waals surface area (Å²) in [5.41, 5.74) is 2.60. The van der Waals surface area contributed by atoms with Crippen LogP contribution < -0.4 is 0 Å². The van der Waals surface area contributed by atoms with Gasteiger partial charge in [-0.2, -0.15) is 0 Å². The number of nitro groups is 1. The summed E-state index contributed by atoms with van der Waals surface area (Å²) >= 11 is 0. The van der Waals surface area contributed by atoms with Crippen molar-refractivity contribution in [2.75, 3.05) is 0 Å². The van der Waals surface area contributed by atoms with E-state index in [2.05, 4.69) is 4.98 Å². The van der Waals surface area contributed by atoms with Gasteiger partial charge in [-0.3, -0.25) is 14.9 Å². The summed E-state index contributed by atoms with van der Waals surface area (Å²) in [6, 6.07) is 13.6. The van der Waals surface area contributed by atoms with Crippen molar-refractivity contribution in [2.24, 2.45) is 0 Å². The summed E-state index contributed by atoms with van der Waals surface area (Å²) in [5.74, 6) is -0.129. The third kappa shape index (κ3) is 3.50. The Morgan fingerprint density at radius 2 is 1.92 bits per heavy atom. The molecule has 0 saturated heterocycles. The number of aliphatic carboxylic acids is 1. The number of hydrogen-bond donors (Lipinski definition) is 1. The number of non-ortho nitro benzene ring substituents is 1. The van der Waals surface area contributed by atoms with Crippen molar-refractivity contribution in [1.82, 2.24) is 9.55 Å². The number of hydrogen-bond acceptors (Lipinski definition) is 4. The fraction of sp³-hybridized carbons (Fsp3) is 0.222. The van der Waals surface area contributed by atoms with Gasteiger partial charge in [0.1, 0.15) is 5.82 Å². The first kappa shape index (κ1) is 16.6. The van der Waals surface area contributed by atoms with Crippen molar-refractivity contribution in [1.29, 1.82) is 0 Å². The lowest BCUT2D eigenvalue weighted by atomic mass is 10.1. The lowest BCUT2D eigenvalue weighted by Gasteiger charge is -2.16. The summed E-state index contributed by atoms with van der Waals surface area (Å²) < 4.78 is 1.94. The van der Waals surface area contributed by atoms with Crippen molar-refractivity contribution in [3.8, 4) is 0 Å². The Hall–Kier alpha value is -3.22. The number of carbonyl (C=O) groups is 1. The third-order valence-corrected chi connectivity index (χ3v) is 4.09. The number of nitrogens with zero attached hydrogens (tertiary/aromatic N) is 3. The van der Waals surface area contributed by atoms with E-state index in [1.165, 1.54) is 12.1 Å². The van der Waals surface area contributed by atoms with Gasteiger partial charge in [-0.05, 0) is 24.6 Å². The summed E-state index contributed by atoms with van der Waals surface area (Å²) in [4.78, 5) is 26.1. The van der Waals surface area contributed by atoms with Gasteiger partial charge in [-0.15, -0.1) is 0 Å². The molecule has 1 unspecified atom stereocenters. The highest BCUT2D eigenvalue weighted by atomic mass is 16.6. The van der Waals surface area contributed by atoms with E-state index in [4.69, 9.17) is 5.11 Å². The average molecular weight is 339 g/mol. The van der Waals surface area contributed by atoms with Crippen molar-refractivity contribution < 1.29 is 14.8 Å². The maximum absolute atomic E-state index is 11.1. The van der Waals surface area contributed by atoms with Gasteiger partial charge in [0.05, 0.1) is 22.4 Å². The van der Waals surface area contributed by atoms with E-state index < -0.39 is 10.9 Å². The van der Waals surface area contributed by atoms with Crippen LogP contribution in [0.5, 0.6) is 0 Å². The molecule has 1 N–H and O–H groups in total. The second-order valence-electron chi connectivity index (χ2n) is 5.93. The summed E-state index contributed by atoms with van der Waals surface area (Å²) in [6.45, 7) is 1.85. The van der Waals surface area contributed by atoms with Gasteiger partial charge in [-0.1, -0.05) is 24.3 Å². The molecule has 0 aliphatic carbocycles. The van der Waals surface area contributed by atoms with Crippen LogP contribution in [0.25, 0.3) is 11.0 Å². The number of benzene rings is 2. The second kappa shape index (κ2) is 6.72. The molecule has 0 radical (unpaired) electrons. The minimum absolute atomic E-state index is 0.00633. The van der Waals surface area contributed by atoms with Crippen LogP contribution in [0.1, 0.15) is 30.8 Å². The van der Waals surface area contributed by atoms with Gasteiger partial charge in [0.15, 0.2) is 0 Å². The van der Waals surface area contributed by atoms with Crippen molar-refractivity contribution >= 4 is 22.7 Å². The molecule has 1 aromatic heterocycles. The van der Waals surface area contributed by atoms with Crippen LogP contribution in [-0.4, -0.2) is 25.6 Å². The fourth-order valence-electron chi connectivity index (χ4n) is 2.97. The van der Waals surface area contributed by atoms with E-state index in [0.29, 0.717) is 6.42 Å². The zero-order chi connectivity index (χ0) is 18.0. The molecule has 0 aliphatic heterocycles. The first-order chi connectivity index (χ1) is 12.0. The second-order valence-corrected chi connectivity index (χ2v) is 5.93. The molecule has 2 aromatic carbocycles. The SMILES string of the molecule is CC(CC(=O)O)n1c(Cc2ccc([N+](=O)[O-])cc2)nc2ccccc21. The quantitative estimate of drug-likeness (QED) is 0.547. The third-order valence-electron chi connectivity index (χ3n) is 4.09. The standard InChI is InChI=1S/C18H17N3O4/c1-12(10-18(22)23)20-16-5-3-2-4-15(16)19-17(20)11-13-6-8-14(9-7-13)21(24)25/h2-9,12H,10-11H2,1H3,(H,22,23). The van der Waals surface area contributed by atoms with Crippen LogP contribution in [0.2, 0.25) is 0 Å². The molecule has 1 heterocycles. The molecule has 1 atom stereocenters. The molecular formula is C18H17N3O4. The Kier molecular flexibility index (Phi) is 4.47. The molecular weight excluding hydrogens is 322 g/mol. The van der Waals surface area contributed by atoms with E-state index in [0.717, 1.165) is 22.4 Å². The predicted molar refractivity (Wildman–Crippen MR) is 92.6 cm³/mol. The maximum atomic E-state index is 11.1. The lowest BCUT2D eigenvalue weighted by molar-refractivity contribution is -0.384. The van der Waals surface area contributed by atoms with Gasteiger partial charge in [0.2, 0.25) is 0 Å². The molecule has 0 saturated carbocycles. The van der Waals surface area contributed by atoms with Gasteiger partial charge in [0, 0.05) is 24.6 Å². The van der Waals surface area contributed by atoms with Crippen molar-refractivity contribution in [3.05, 3.63) is 70.0 Å². The Labute approximate surface area is 143 Å². The molecule has 0 fully saturated rings. The molecule has 25 heavy (non-hydrogen) atoms. The highest BCUT2D eigenvalue weighted by Gasteiger charge is 2.18. The highest BCUT2D eigenvalue weighted by molar-refractivity contribution is 5.76. The molecule has 0 spiro atoms. The molecule has 3 rings (SSSR count). The summed E-state index contributed by atoms with van der Waals surface area (Å²) in [5, 5.41) is 19.9. The smallest absolute Gasteiger partial charge is 0.305 e. The minimum atomic E-state index is -0.869. The average Bonchev–Trinajstić information content (AvgIpc) is 2.92. The first-order valence-electron chi connectivity index (χ1n) is 7.86. The van der Waals surface area contributed by atoms with E-state index >= 15 is 0 Å². The maximum Gasteiger partial charge on any atom is 0.305 e. The number of fused-ring (bicyclic) bond motifs is 1. The molecule has 7 heteroatoms. The number of para-hydroxylation sites is 2. The Morgan fingerprint density at radius 3 is 2.56 bits per heavy atom. The fourth-order valence-corrected chi connectivity index (χ4v) is 2.97.